The van der Waals surface area contributed by atoms with Crippen molar-refractivity contribution in [1.82, 2.24) is 0 Å². The molecule has 1 nitrogen and oxygen atoms in total. The molecule has 0 radical (unpaired) electrons. The summed E-state index contributed by atoms with van der Waals surface area (Å²) >= 11 is 0. The molecule has 2 fully saturated rings. The second-order valence-electron chi connectivity index (χ2n) is 5.47. The van der Waals surface area contributed by atoms with Crippen LogP contribution in [0.5, 0.6) is 0 Å². The number of aliphatic hydroxyl groups excluding tert-OH is 1. The van der Waals surface area contributed by atoms with Crippen LogP contribution in [-0.4, -0.2) is 11.7 Å². The molecular weight excluding hydrogens is 148 g/mol. The van der Waals surface area contributed by atoms with Crippen LogP contribution in [0.1, 0.15) is 34.1 Å². The first kappa shape index (κ1) is 8.55. The van der Waals surface area contributed by atoms with Crippen LogP contribution < -0.4 is 0 Å². The van der Waals surface area contributed by atoms with Crippen molar-refractivity contribution in [3.63, 3.8) is 0 Å². The number of aliphatic hydroxyl groups is 1. The van der Waals surface area contributed by atoms with Gasteiger partial charge in [0.2, 0.25) is 0 Å². The molecule has 4 unspecified atom stereocenters. The minimum Gasteiger partial charge on any atom is -0.396 e. The first-order chi connectivity index (χ1) is 5.48. The molecule has 0 amide bonds. The summed E-state index contributed by atoms with van der Waals surface area (Å²) in [6, 6.07) is 0. The maximum atomic E-state index is 9.49. The summed E-state index contributed by atoms with van der Waals surface area (Å²) in [4.78, 5) is 0. The average Bonchev–Trinajstić information content (AvgIpc) is 2.30. The van der Waals surface area contributed by atoms with Crippen molar-refractivity contribution in [3.05, 3.63) is 0 Å². The van der Waals surface area contributed by atoms with Crippen molar-refractivity contribution < 1.29 is 5.11 Å². The van der Waals surface area contributed by atoms with Gasteiger partial charge in [0.05, 0.1) is 0 Å². The van der Waals surface area contributed by atoms with Crippen LogP contribution in [0.15, 0.2) is 0 Å². The molecule has 0 bridgehead atoms. The van der Waals surface area contributed by atoms with E-state index in [-0.39, 0.29) is 5.41 Å². The van der Waals surface area contributed by atoms with Crippen LogP contribution in [0.4, 0.5) is 0 Å². The quantitative estimate of drug-likeness (QED) is 0.637. The van der Waals surface area contributed by atoms with Crippen molar-refractivity contribution in [3.8, 4) is 0 Å². The first-order valence-corrected chi connectivity index (χ1v) is 5.09. The Morgan fingerprint density at radius 1 is 1.33 bits per heavy atom. The molecule has 0 aromatic heterocycles. The third-order valence-corrected chi connectivity index (χ3v) is 5.14. The first-order valence-electron chi connectivity index (χ1n) is 5.09. The van der Waals surface area contributed by atoms with Gasteiger partial charge in [0, 0.05) is 12.0 Å². The third kappa shape index (κ3) is 0.618. The Balaban J connectivity index is 2.29. The Morgan fingerprint density at radius 2 is 1.92 bits per heavy atom. The van der Waals surface area contributed by atoms with Crippen molar-refractivity contribution in [2.24, 2.45) is 28.6 Å². The zero-order chi connectivity index (χ0) is 9.15. The molecule has 0 aliphatic heterocycles. The van der Waals surface area contributed by atoms with Gasteiger partial charge < -0.3 is 5.11 Å². The van der Waals surface area contributed by atoms with E-state index in [4.69, 9.17) is 0 Å². The van der Waals surface area contributed by atoms with Gasteiger partial charge in [-0.05, 0) is 29.6 Å². The maximum absolute atomic E-state index is 9.49. The highest BCUT2D eigenvalue weighted by Crippen LogP contribution is 2.79. The van der Waals surface area contributed by atoms with Gasteiger partial charge >= 0.3 is 0 Å². The second kappa shape index (κ2) is 2.06. The van der Waals surface area contributed by atoms with Crippen molar-refractivity contribution in [2.45, 2.75) is 34.1 Å². The fraction of sp³-hybridized carbons (Fsp3) is 1.00. The molecule has 2 aliphatic carbocycles. The lowest BCUT2D eigenvalue weighted by Gasteiger charge is -2.27. The van der Waals surface area contributed by atoms with E-state index in [9.17, 15) is 5.11 Å². The topological polar surface area (TPSA) is 20.2 Å². The highest BCUT2D eigenvalue weighted by molar-refractivity contribution is 5.23. The van der Waals surface area contributed by atoms with Gasteiger partial charge in [-0.3, -0.25) is 0 Å². The molecule has 0 aromatic carbocycles. The Morgan fingerprint density at radius 3 is 2.25 bits per heavy atom. The highest BCUT2D eigenvalue weighted by Gasteiger charge is 2.76. The second-order valence-corrected chi connectivity index (χ2v) is 5.47. The Labute approximate surface area is 75.2 Å². The number of hydrogen-bond acceptors (Lipinski definition) is 1. The molecule has 70 valence electrons. The van der Waals surface area contributed by atoms with E-state index in [2.05, 4.69) is 27.7 Å². The van der Waals surface area contributed by atoms with Crippen LogP contribution in [0.25, 0.3) is 0 Å². The van der Waals surface area contributed by atoms with Gasteiger partial charge in [-0.1, -0.05) is 27.7 Å². The molecule has 12 heavy (non-hydrogen) atoms. The summed E-state index contributed by atoms with van der Waals surface area (Å²) in [5.41, 5.74) is 0.695. The molecule has 0 heterocycles. The minimum absolute atomic E-state index is 0.284. The molecule has 1 heteroatoms. The summed E-state index contributed by atoms with van der Waals surface area (Å²) in [6.07, 6.45) is 1.33. The van der Waals surface area contributed by atoms with E-state index in [1.54, 1.807) is 0 Å². The van der Waals surface area contributed by atoms with Crippen molar-refractivity contribution in [1.29, 1.82) is 0 Å². The van der Waals surface area contributed by atoms with E-state index in [1.165, 1.54) is 6.42 Å². The predicted octanol–water partition coefficient (Wildman–Crippen LogP) is 2.30. The monoisotopic (exact) mass is 168 g/mol. The predicted molar refractivity (Wildman–Crippen MR) is 49.7 cm³/mol. The van der Waals surface area contributed by atoms with E-state index in [1.807, 2.05) is 0 Å². The largest absolute Gasteiger partial charge is 0.396 e. The lowest BCUT2D eigenvalue weighted by molar-refractivity contribution is 0.117. The summed E-state index contributed by atoms with van der Waals surface area (Å²) < 4.78 is 0. The van der Waals surface area contributed by atoms with Gasteiger partial charge in [-0.25, -0.2) is 0 Å². The van der Waals surface area contributed by atoms with E-state index in [0.717, 1.165) is 11.8 Å². The van der Waals surface area contributed by atoms with Gasteiger partial charge in [0.15, 0.2) is 0 Å². The van der Waals surface area contributed by atoms with Crippen molar-refractivity contribution >= 4 is 0 Å². The van der Waals surface area contributed by atoms with E-state index in [0.29, 0.717) is 17.9 Å². The highest BCUT2D eigenvalue weighted by atomic mass is 16.3. The molecule has 2 aliphatic rings. The van der Waals surface area contributed by atoms with Gasteiger partial charge in [-0.15, -0.1) is 0 Å². The van der Waals surface area contributed by atoms with Gasteiger partial charge in [0.1, 0.15) is 0 Å². The van der Waals surface area contributed by atoms with E-state index >= 15 is 0 Å². The maximum Gasteiger partial charge on any atom is 0.0498 e. The molecule has 0 saturated heterocycles. The van der Waals surface area contributed by atoms with Crippen LogP contribution in [0.3, 0.4) is 0 Å². The van der Waals surface area contributed by atoms with Crippen LogP contribution in [0.2, 0.25) is 0 Å². The smallest absolute Gasteiger partial charge is 0.0498 e. The standard InChI is InChI=1S/C11H20O/c1-7-5-9-10(3,4)11(9,6-12)8(7)2/h7-9,12H,5-6H2,1-4H3. The molecule has 2 rings (SSSR count). The molecule has 0 aromatic rings. The molecule has 1 N–H and O–H groups in total. The number of fused-ring (bicyclic) bond motifs is 1. The van der Waals surface area contributed by atoms with Gasteiger partial charge in [0.25, 0.3) is 0 Å². The molecular formula is C11H20O. The zero-order valence-corrected chi connectivity index (χ0v) is 8.59. The number of hydrogen-bond donors (Lipinski definition) is 1. The van der Waals surface area contributed by atoms with Crippen LogP contribution >= 0.6 is 0 Å². The Bertz CT molecular complexity index is 205. The average molecular weight is 168 g/mol. The van der Waals surface area contributed by atoms with Crippen LogP contribution in [-0.2, 0) is 0 Å². The zero-order valence-electron chi connectivity index (χ0n) is 8.59. The Kier molecular flexibility index (Phi) is 1.47. The minimum atomic E-state index is 0.284. The summed E-state index contributed by atoms with van der Waals surface area (Å²) in [7, 11) is 0. The molecule has 4 atom stereocenters. The summed E-state index contributed by atoms with van der Waals surface area (Å²) in [5.74, 6) is 2.32. The molecule has 2 saturated carbocycles. The van der Waals surface area contributed by atoms with Gasteiger partial charge in [-0.2, -0.15) is 0 Å². The number of rotatable bonds is 1. The summed E-state index contributed by atoms with van der Waals surface area (Å²) in [5, 5.41) is 9.49. The normalized spacial score (nSPS) is 55.2. The lowest BCUT2D eigenvalue weighted by atomic mass is 9.79. The Hall–Kier alpha value is -0.0400. The van der Waals surface area contributed by atoms with Crippen molar-refractivity contribution in [2.75, 3.05) is 6.61 Å². The fourth-order valence-corrected chi connectivity index (χ4v) is 3.95. The lowest BCUT2D eigenvalue weighted by Crippen LogP contribution is -2.25. The third-order valence-electron chi connectivity index (χ3n) is 5.14. The summed E-state index contributed by atoms with van der Waals surface area (Å²) in [6.45, 7) is 9.67. The fourth-order valence-electron chi connectivity index (χ4n) is 3.95. The SMILES string of the molecule is CC1CC2C(C)(C)C2(CO)C1C. The van der Waals surface area contributed by atoms with E-state index < -0.39 is 0 Å². The van der Waals surface area contributed by atoms with Crippen LogP contribution in [0, 0.1) is 28.6 Å². The molecule has 0 spiro atoms.